The third-order valence-electron chi connectivity index (χ3n) is 11.3. The minimum atomic E-state index is 1.26. The molecule has 0 atom stereocenters. The lowest BCUT2D eigenvalue weighted by atomic mass is 9.87. The SMILES string of the molecule is c1ccc(-c2c3cc(-c4ccc5c6c(cccc46)-c4ccccc4-5)cc4c5ccccc5c(c34)c3c4cccc5cccc(c23)c54)cc1. The van der Waals surface area contributed by atoms with Crippen molar-refractivity contribution in [3.8, 4) is 44.5 Å². The molecule has 0 nitrogen and oxygen atoms in total. The molecular formula is C48H26. The van der Waals surface area contributed by atoms with Gasteiger partial charge in [-0.2, -0.15) is 0 Å². The monoisotopic (exact) mass is 602 g/mol. The molecule has 0 N–H and O–H groups in total. The summed E-state index contributed by atoms with van der Waals surface area (Å²) >= 11 is 0. The molecule has 0 saturated carbocycles. The summed E-state index contributed by atoms with van der Waals surface area (Å²) in [5.41, 5.74) is 10.5. The normalized spacial score (nSPS) is 12.6. The zero-order chi connectivity index (χ0) is 31.1. The third kappa shape index (κ3) is 2.93. The largest absolute Gasteiger partial charge is 0.0622 e. The van der Waals surface area contributed by atoms with Crippen molar-refractivity contribution >= 4 is 75.4 Å². The van der Waals surface area contributed by atoms with Crippen LogP contribution in [0.5, 0.6) is 0 Å². The van der Waals surface area contributed by atoms with E-state index in [-0.39, 0.29) is 0 Å². The molecule has 0 amide bonds. The lowest BCUT2D eigenvalue weighted by Crippen LogP contribution is -1.88. The second-order valence-electron chi connectivity index (χ2n) is 13.5. The Hall–Kier alpha value is -6.24. The lowest BCUT2D eigenvalue weighted by Gasteiger charge is -2.16. The highest BCUT2D eigenvalue weighted by atomic mass is 14.3. The first kappa shape index (κ1) is 24.9. The Balaban J connectivity index is 1.32. The Morgan fingerprint density at radius 3 is 1.60 bits per heavy atom. The van der Waals surface area contributed by atoms with Crippen molar-refractivity contribution < 1.29 is 0 Å². The van der Waals surface area contributed by atoms with Crippen LogP contribution in [0.15, 0.2) is 158 Å². The highest BCUT2D eigenvalue weighted by molar-refractivity contribution is 6.48. The van der Waals surface area contributed by atoms with E-state index in [9.17, 15) is 0 Å². The molecule has 11 aromatic carbocycles. The summed E-state index contributed by atoms with van der Waals surface area (Å²) in [6, 6.07) is 59.3. The van der Waals surface area contributed by atoms with E-state index in [2.05, 4.69) is 158 Å². The van der Waals surface area contributed by atoms with Crippen molar-refractivity contribution in [2.75, 3.05) is 0 Å². The summed E-state index contributed by atoms with van der Waals surface area (Å²) in [6.07, 6.45) is 0. The molecule has 12 rings (SSSR count). The van der Waals surface area contributed by atoms with Crippen LogP contribution in [0.3, 0.4) is 0 Å². The van der Waals surface area contributed by atoms with Gasteiger partial charge in [0, 0.05) is 0 Å². The molecule has 0 heterocycles. The lowest BCUT2D eigenvalue weighted by molar-refractivity contribution is 1.68. The summed E-state index contributed by atoms with van der Waals surface area (Å²) in [5, 5.41) is 18.9. The van der Waals surface area contributed by atoms with E-state index in [4.69, 9.17) is 0 Å². The zero-order valence-electron chi connectivity index (χ0n) is 26.0. The van der Waals surface area contributed by atoms with Gasteiger partial charge in [-0.15, -0.1) is 0 Å². The molecule has 0 unspecified atom stereocenters. The maximum absolute atomic E-state index is 2.51. The summed E-state index contributed by atoms with van der Waals surface area (Å²) in [4.78, 5) is 0. The Labute approximate surface area is 276 Å². The van der Waals surface area contributed by atoms with Gasteiger partial charge in [0.15, 0.2) is 0 Å². The van der Waals surface area contributed by atoms with Gasteiger partial charge in [-0.3, -0.25) is 0 Å². The smallest absolute Gasteiger partial charge is 0.000697 e. The van der Waals surface area contributed by atoms with Crippen molar-refractivity contribution in [3.05, 3.63) is 158 Å². The summed E-state index contributed by atoms with van der Waals surface area (Å²) in [5.74, 6) is 0. The predicted molar refractivity (Wildman–Crippen MR) is 207 cm³/mol. The van der Waals surface area contributed by atoms with E-state index >= 15 is 0 Å². The fourth-order valence-electron chi connectivity index (χ4n) is 9.45. The van der Waals surface area contributed by atoms with Gasteiger partial charge in [-0.1, -0.05) is 146 Å². The molecule has 0 spiro atoms. The van der Waals surface area contributed by atoms with Gasteiger partial charge in [0.2, 0.25) is 0 Å². The molecule has 1 aliphatic carbocycles. The molecule has 48 heavy (non-hydrogen) atoms. The van der Waals surface area contributed by atoms with E-state index in [1.54, 1.807) is 0 Å². The van der Waals surface area contributed by atoms with Crippen molar-refractivity contribution in [1.29, 1.82) is 0 Å². The molecule has 0 aromatic heterocycles. The Morgan fingerprint density at radius 1 is 0.229 bits per heavy atom. The van der Waals surface area contributed by atoms with E-state index in [1.807, 2.05) is 0 Å². The zero-order valence-corrected chi connectivity index (χ0v) is 26.0. The number of benzene rings is 9. The average molecular weight is 603 g/mol. The van der Waals surface area contributed by atoms with Crippen molar-refractivity contribution in [3.63, 3.8) is 0 Å². The van der Waals surface area contributed by atoms with Gasteiger partial charge >= 0.3 is 0 Å². The molecule has 11 aromatic rings. The maximum atomic E-state index is 2.51. The standard InChI is InChI=1S/C48H26/c1-2-11-28(12-3-1)43-41-26-29(30-23-24-37-32-16-5-4-15-31(32)35-20-10-19-34(30)44(35)37)25-40-33-17-6-7-18-36(33)46(45(40)41)48-39-22-9-14-27-13-8-21-38(42(27)39)47(43)48/h1-26H. The average Bonchev–Trinajstić information content (AvgIpc) is 3.78. The molecule has 0 saturated heterocycles. The summed E-state index contributed by atoms with van der Waals surface area (Å²) in [6.45, 7) is 0. The molecule has 0 radical (unpaired) electrons. The quantitative estimate of drug-likeness (QED) is 0.185. The maximum Gasteiger partial charge on any atom is -0.000697 e. The van der Waals surface area contributed by atoms with Crippen LogP contribution < -0.4 is 0 Å². The minimum Gasteiger partial charge on any atom is -0.0622 e. The topological polar surface area (TPSA) is 0 Å². The van der Waals surface area contributed by atoms with Gasteiger partial charge in [0.05, 0.1) is 0 Å². The van der Waals surface area contributed by atoms with Crippen LogP contribution in [0.1, 0.15) is 0 Å². The molecular weight excluding hydrogens is 577 g/mol. The highest BCUT2D eigenvalue weighted by Gasteiger charge is 2.27. The fourth-order valence-corrected chi connectivity index (χ4v) is 9.45. The molecule has 0 aliphatic heterocycles. The molecule has 218 valence electrons. The Bertz CT molecular complexity index is 3110. The number of fused-ring (bicyclic) bond motifs is 10. The highest BCUT2D eigenvalue weighted by Crippen LogP contribution is 2.55. The van der Waals surface area contributed by atoms with Gasteiger partial charge in [0.25, 0.3) is 0 Å². The van der Waals surface area contributed by atoms with Gasteiger partial charge in [0.1, 0.15) is 0 Å². The Kier molecular flexibility index (Phi) is 4.55. The first-order chi connectivity index (χ1) is 23.8. The van der Waals surface area contributed by atoms with Crippen LogP contribution in [0, 0.1) is 0 Å². The number of hydrogen-bond acceptors (Lipinski definition) is 0. The van der Waals surface area contributed by atoms with Crippen LogP contribution in [0.25, 0.3) is 120 Å². The minimum absolute atomic E-state index is 1.26. The number of hydrogen-bond donors (Lipinski definition) is 0. The van der Waals surface area contributed by atoms with Crippen molar-refractivity contribution in [2.24, 2.45) is 0 Å². The molecule has 1 aliphatic rings. The number of rotatable bonds is 2. The second kappa shape index (κ2) is 8.76. The van der Waals surface area contributed by atoms with Crippen molar-refractivity contribution in [1.82, 2.24) is 0 Å². The predicted octanol–water partition coefficient (Wildman–Crippen LogP) is 13.6. The third-order valence-corrected chi connectivity index (χ3v) is 11.3. The van der Waals surface area contributed by atoms with E-state index < -0.39 is 0 Å². The van der Waals surface area contributed by atoms with E-state index in [0.717, 1.165) is 0 Å². The second-order valence-corrected chi connectivity index (χ2v) is 13.5. The van der Waals surface area contributed by atoms with Gasteiger partial charge in [-0.05, 0) is 132 Å². The molecule has 0 bridgehead atoms. The van der Waals surface area contributed by atoms with E-state index in [0.29, 0.717) is 0 Å². The fraction of sp³-hybridized carbons (Fsp3) is 0. The van der Waals surface area contributed by atoms with Crippen LogP contribution in [0.2, 0.25) is 0 Å². The summed E-state index contributed by atoms with van der Waals surface area (Å²) in [7, 11) is 0. The van der Waals surface area contributed by atoms with Crippen LogP contribution >= 0.6 is 0 Å². The van der Waals surface area contributed by atoms with Gasteiger partial charge in [-0.25, -0.2) is 0 Å². The first-order valence-electron chi connectivity index (χ1n) is 16.9. The summed E-state index contributed by atoms with van der Waals surface area (Å²) < 4.78 is 0. The van der Waals surface area contributed by atoms with Gasteiger partial charge < -0.3 is 0 Å². The Morgan fingerprint density at radius 2 is 0.792 bits per heavy atom. The van der Waals surface area contributed by atoms with E-state index in [1.165, 1.54) is 120 Å². The van der Waals surface area contributed by atoms with Crippen LogP contribution in [0.4, 0.5) is 0 Å². The molecule has 0 heteroatoms. The van der Waals surface area contributed by atoms with Crippen LogP contribution in [-0.2, 0) is 0 Å². The first-order valence-corrected chi connectivity index (χ1v) is 16.9. The van der Waals surface area contributed by atoms with Crippen LogP contribution in [-0.4, -0.2) is 0 Å². The molecule has 0 fully saturated rings. The van der Waals surface area contributed by atoms with Crippen molar-refractivity contribution in [2.45, 2.75) is 0 Å².